The fourth-order valence-electron chi connectivity index (χ4n) is 4.79. The van der Waals surface area contributed by atoms with Crippen LogP contribution in [0.3, 0.4) is 0 Å². The Labute approximate surface area is 196 Å². The average Bonchev–Trinajstić information content (AvgIpc) is 3.17. The van der Waals surface area contributed by atoms with Gasteiger partial charge in [0.15, 0.2) is 17.3 Å². The van der Waals surface area contributed by atoms with Gasteiger partial charge in [0.25, 0.3) is 5.56 Å². The molecule has 34 heavy (non-hydrogen) atoms. The standard InChI is InChI=1S/C25H27N3O6/c1-31-15-11-18-22(26-14-15)23-21(24(18)29)16-12-19(32-2)20(33-3)13-17(16)25(30)28(23)6-4-5-27-7-9-34-10-8-27/h11-14H,4-10H2,1-3H3. The first-order valence-corrected chi connectivity index (χ1v) is 11.3. The number of carbonyl (C=O) groups is 1. The lowest BCUT2D eigenvalue weighted by Crippen LogP contribution is -2.37. The van der Waals surface area contributed by atoms with E-state index in [1.165, 1.54) is 21.3 Å². The molecule has 9 nitrogen and oxygen atoms in total. The number of ketones is 1. The second kappa shape index (κ2) is 9.08. The summed E-state index contributed by atoms with van der Waals surface area (Å²) in [6.45, 7) is 4.50. The van der Waals surface area contributed by atoms with Crippen molar-refractivity contribution in [2.45, 2.75) is 13.0 Å². The third kappa shape index (κ3) is 3.61. The molecule has 178 valence electrons. The van der Waals surface area contributed by atoms with Crippen molar-refractivity contribution >= 4 is 16.6 Å². The van der Waals surface area contributed by atoms with Gasteiger partial charge in [-0.3, -0.25) is 19.5 Å². The molecule has 0 unspecified atom stereocenters. The normalized spacial score (nSPS) is 15.3. The number of hydrogen-bond acceptors (Lipinski definition) is 8. The number of aromatic nitrogens is 2. The second-order valence-electron chi connectivity index (χ2n) is 8.34. The Morgan fingerprint density at radius 3 is 2.32 bits per heavy atom. The Morgan fingerprint density at radius 1 is 0.941 bits per heavy atom. The summed E-state index contributed by atoms with van der Waals surface area (Å²) >= 11 is 0. The first kappa shape index (κ1) is 22.4. The molecular formula is C25H27N3O6. The molecule has 1 fully saturated rings. The van der Waals surface area contributed by atoms with Crippen molar-refractivity contribution in [3.05, 3.63) is 45.9 Å². The molecule has 0 N–H and O–H groups in total. The minimum absolute atomic E-state index is 0.185. The van der Waals surface area contributed by atoms with Crippen LogP contribution in [0.25, 0.3) is 22.2 Å². The van der Waals surface area contributed by atoms with Gasteiger partial charge in [0.1, 0.15) is 5.75 Å². The molecule has 2 aliphatic rings. The highest BCUT2D eigenvalue weighted by atomic mass is 16.5. The number of ether oxygens (including phenoxy) is 4. The maximum absolute atomic E-state index is 13.7. The zero-order chi connectivity index (χ0) is 23.8. The van der Waals surface area contributed by atoms with Gasteiger partial charge in [-0.05, 0) is 24.6 Å². The Bertz CT molecular complexity index is 1330. The molecule has 0 radical (unpaired) electrons. The number of benzene rings is 1. The van der Waals surface area contributed by atoms with Gasteiger partial charge < -0.3 is 23.5 Å². The molecule has 0 atom stereocenters. The van der Waals surface area contributed by atoms with Gasteiger partial charge in [0, 0.05) is 31.6 Å². The Morgan fingerprint density at radius 2 is 1.65 bits per heavy atom. The number of carbonyl (C=O) groups excluding carboxylic acids is 1. The topological polar surface area (TPSA) is 92.1 Å². The highest BCUT2D eigenvalue weighted by Crippen LogP contribution is 2.42. The number of methoxy groups -OCH3 is 3. The first-order chi connectivity index (χ1) is 16.6. The third-order valence-electron chi connectivity index (χ3n) is 6.53. The molecule has 1 aliphatic carbocycles. The second-order valence-corrected chi connectivity index (χ2v) is 8.34. The van der Waals surface area contributed by atoms with Gasteiger partial charge >= 0.3 is 0 Å². The van der Waals surface area contributed by atoms with E-state index in [1.54, 1.807) is 29.0 Å². The molecular weight excluding hydrogens is 438 g/mol. The predicted molar refractivity (Wildman–Crippen MR) is 126 cm³/mol. The minimum Gasteiger partial charge on any atom is -0.495 e. The van der Waals surface area contributed by atoms with Crippen molar-refractivity contribution in [1.29, 1.82) is 0 Å². The summed E-state index contributed by atoms with van der Waals surface area (Å²) in [5.74, 6) is 1.20. The molecule has 0 spiro atoms. The maximum atomic E-state index is 13.7. The summed E-state index contributed by atoms with van der Waals surface area (Å²) in [7, 11) is 4.58. The molecule has 5 rings (SSSR count). The summed E-state index contributed by atoms with van der Waals surface area (Å²) in [4.78, 5) is 34.2. The van der Waals surface area contributed by atoms with Crippen LogP contribution in [0.1, 0.15) is 22.3 Å². The molecule has 0 saturated carbocycles. The van der Waals surface area contributed by atoms with E-state index in [4.69, 9.17) is 18.9 Å². The maximum Gasteiger partial charge on any atom is 0.259 e. The zero-order valence-electron chi connectivity index (χ0n) is 19.6. The van der Waals surface area contributed by atoms with Crippen molar-refractivity contribution in [3.63, 3.8) is 0 Å². The molecule has 0 bridgehead atoms. The number of hydrogen-bond donors (Lipinski definition) is 0. The quantitative estimate of drug-likeness (QED) is 0.411. The van der Waals surface area contributed by atoms with Crippen LogP contribution in [0.4, 0.5) is 0 Å². The molecule has 9 heteroatoms. The van der Waals surface area contributed by atoms with Crippen LogP contribution in [-0.4, -0.2) is 74.4 Å². The van der Waals surface area contributed by atoms with E-state index in [-0.39, 0.29) is 11.3 Å². The summed E-state index contributed by atoms with van der Waals surface area (Å²) in [6.07, 6.45) is 2.33. The van der Waals surface area contributed by atoms with E-state index in [2.05, 4.69) is 9.88 Å². The molecule has 2 aromatic heterocycles. The van der Waals surface area contributed by atoms with Crippen molar-refractivity contribution in [3.8, 4) is 28.6 Å². The van der Waals surface area contributed by atoms with Crippen LogP contribution in [0, 0.1) is 0 Å². The Balaban J connectivity index is 1.67. The molecule has 3 aromatic rings. The van der Waals surface area contributed by atoms with Crippen LogP contribution in [-0.2, 0) is 11.3 Å². The zero-order valence-corrected chi connectivity index (χ0v) is 19.6. The molecule has 3 heterocycles. The molecule has 1 aromatic carbocycles. The van der Waals surface area contributed by atoms with Gasteiger partial charge in [0.05, 0.1) is 68.6 Å². The highest BCUT2D eigenvalue weighted by Gasteiger charge is 2.35. The summed E-state index contributed by atoms with van der Waals surface area (Å²) in [6, 6.07) is 5.03. The highest BCUT2D eigenvalue weighted by molar-refractivity contribution is 6.26. The van der Waals surface area contributed by atoms with Crippen molar-refractivity contribution < 1.29 is 23.7 Å². The monoisotopic (exact) mass is 465 g/mol. The van der Waals surface area contributed by atoms with Gasteiger partial charge in [-0.1, -0.05) is 0 Å². The number of nitrogens with zero attached hydrogens (tertiary/aromatic N) is 3. The fourth-order valence-corrected chi connectivity index (χ4v) is 4.79. The van der Waals surface area contributed by atoms with Gasteiger partial charge in [0.2, 0.25) is 0 Å². The van der Waals surface area contributed by atoms with Crippen LogP contribution in [0.5, 0.6) is 17.2 Å². The van der Waals surface area contributed by atoms with Crippen LogP contribution < -0.4 is 19.8 Å². The van der Waals surface area contributed by atoms with E-state index < -0.39 is 0 Å². The van der Waals surface area contributed by atoms with Crippen molar-refractivity contribution in [1.82, 2.24) is 14.5 Å². The number of pyridine rings is 2. The van der Waals surface area contributed by atoms with Crippen molar-refractivity contribution in [2.75, 3.05) is 54.2 Å². The first-order valence-electron chi connectivity index (χ1n) is 11.3. The molecule has 1 aliphatic heterocycles. The van der Waals surface area contributed by atoms with E-state index >= 15 is 0 Å². The summed E-state index contributed by atoms with van der Waals surface area (Å²) in [5.41, 5.74) is 1.75. The van der Waals surface area contributed by atoms with Crippen molar-refractivity contribution in [2.24, 2.45) is 0 Å². The Kier molecular flexibility index (Phi) is 5.97. The van der Waals surface area contributed by atoms with E-state index in [0.29, 0.717) is 57.1 Å². The van der Waals surface area contributed by atoms with Gasteiger partial charge in [-0.25, -0.2) is 0 Å². The SMILES string of the molecule is COc1cnc2c(c1)C(=O)c1c-2n(CCCN2CCOCC2)c(=O)c2cc(OC)c(OC)cc12. The van der Waals surface area contributed by atoms with Crippen LogP contribution in [0.2, 0.25) is 0 Å². The number of rotatable bonds is 7. The lowest BCUT2D eigenvalue weighted by molar-refractivity contribution is 0.0369. The summed E-state index contributed by atoms with van der Waals surface area (Å²) in [5, 5.41) is 0.944. The number of morpholine rings is 1. The largest absolute Gasteiger partial charge is 0.495 e. The van der Waals surface area contributed by atoms with Crippen LogP contribution >= 0.6 is 0 Å². The Hall–Kier alpha value is -3.43. The van der Waals surface area contributed by atoms with Crippen LogP contribution in [0.15, 0.2) is 29.2 Å². The van der Waals surface area contributed by atoms with Gasteiger partial charge in [-0.2, -0.15) is 0 Å². The smallest absolute Gasteiger partial charge is 0.259 e. The van der Waals surface area contributed by atoms with Gasteiger partial charge in [-0.15, -0.1) is 0 Å². The lowest BCUT2D eigenvalue weighted by atomic mass is 10.0. The third-order valence-corrected chi connectivity index (χ3v) is 6.53. The predicted octanol–water partition coefficient (Wildman–Crippen LogP) is 2.36. The number of fused-ring (bicyclic) bond motifs is 5. The fraction of sp³-hybridized carbons (Fsp3) is 0.400. The van der Waals surface area contributed by atoms with E-state index in [0.717, 1.165) is 39.3 Å². The minimum atomic E-state index is -0.185. The average molecular weight is 466 g/mol. The lowest BCUT2D eigenvalue weighted by Gasteiger charge is -2.26. The molecule has 0 amide bonds. The van der Waals surface area contributed by atoms with E-state index in [1.807, 2.05) is 0 Å². The summed E-state index contributed by atoms with van der Waals surface area (Å²) < 4.78 is 23.3. The van der Waals surface area contributed by atoms with E-state index in [9.17, 15) is 9.59 Å². The molecule has 1 saturated heterocycles.